The molecular formula is C18H27ClN2O3. The van der Waals surface area contributed by atoms with Crippen LogP contribution in [-0.4, -0.2) is 38.3 Å². The Balaban J connectivity index is 0.00000208. The van der Waals surface area contributed by atoms with Crippen molar-refractivity contribution in [3.63, 3.8) is 0 Å². The maximum Gasteiger partial charge on any atom is 0.224 e. The molecule has 1 aromatic rings. The molecule has 2 fully saturated rings. The molecule has 0 radical (unpaired) electrons. The van der Waals surface area contributed by atoms with Gasteiger partial charge in [-0.05, 0) is 56.8 Å². The molecule has 1 atom stereocenters. The predicted molar refractivity (Wildman–Crippen MR) is 97.0 cm³/mol. The Labute approximate surface area is 149 Å². The summed E-state index contributed by atoms with van der Waals surface area (Å²) >= 11 is 0. The van der Waals surface area contributed by atoms with Gasteiger partial charge in [-0.3, -0.25) is 4.79 Å². The lowest BCUT2D eigenvalue weighted by Gasteiger charge is -2.22. The summed E-state index contributed by atoms with van der Waals surface area (Å²) < 4.78 is 11.4. The SMILES string of the molecule is Cl.O=C(CC1CCNCC1)Nc1ccccc1OCC1CCCO1. The molecule has 0 spiro atoms. The summed E-state index contributed by atoms with van der Waals surface area (Å²) in [5.41, 5.74) is 0.754. The molecular weight excluding hydrogens is 328 g/mol. The van der Waals surface area contributed by atoms with E-state index in [1.165, 1.54) is 0 Å². The lowest BCUT2D eigenvalue weighted by atomic mass is 9.94. The number of amides is 1. The first kappa shape index (κ1) is 19.0. The van der Waals surface area contributed by atoms with Gasteiger partial charge in [0.2, 0.25) is 5.91 Å². The Morgan fingerprint density at radius 2 is 2.04 bits per heavy atom. The van der Waals surface area contributed by atoms with Crippen LogP contribution in [0.25, 0.3) is 0 Å². The van der Waals surface area contributed by atoms with E-state index in [1.54, 1.807) is 0 Å². The number of para-hydroxylation sites is 2. The summed E-state index contributed by atoms with van der Waals surface area (Å²) in [6.07, 6.45) is 5.05. The van der Waals surface area contributed by atoms with Crippen molar-refractivity contribution < 1.29 is 14.3 Å². The van der Waals surface area contributed by atoms with E-state index in [9.17, 15) is 4.79 Å². The number of ether oxygens (including phenoxy) is 2. The Morgan fingerprint density at radius 1 is 1.25 bits per heavy atom. The molecule has 0 aliphatic carbocycles. The highest BCUT2D eigenvalue weighted by atomic mass is 35.5. The fraction of sp³-hybridized carbons (Fsp3) is 0.611. The van der Waals surface area contributed by atoms with Gasteiger partial charge in [0.05, 0.1) is 11.8 Å². The minimum Gasteiger partial charge on any atom is -0.489 e. The number of benzene rings is 1. The number of rotatable bonds is 6. The highest BCUT2D eigenvalue weighted by molar-refractivity contribution is 5.92. The number of hydrogen-bond donors (Lipinski definition) is 2. The first-order valence-corrected chi connectivity index (χ1v) is 8.65. The fourth-order valence-corrected chi connectivity index (χ4v) is 3.20. The summed E-state index contributed by atoms with van der Waals surface area (Å²) in [7, 11) is 0. The molecule has 0 aromatic heterocycles. The van der Waals surface area contributed by atoms with Crippen LogP contribution in [-0.2, 0) is 9.53 Å². The lowest BCUT2D eigenvalue weighted by molar-refractivity contribution is -0.117. The Morgan fingerprint density at radius 3 is 2.79 bits per heavy atom. The number of halogens is 1. The van der Waals surface area contributed by atoms with Gasteiger partial charge in [0.1, 0.15) is 12.4 Å². The average molecular weight is 355 g/mol. The summed E-state index contributed by atoms with van der Waals surface area (Å²) in [6.45, 7) is 3.39. The predicted octanol–water partition coefficient (Wildman–Crippen LogP) is 2.99. The third-order valence-corrected chi connectivity index (χ3v) is 4.54. The number of anilines is 1. The summed E-state index contributed by atoms with van der Waals surface area (Å²) in [5.74, 6) is 1.28. The highest BCUT2D eigenvalue weighted by Crippen LogP contribution is 2.26. The fourth-order valence-electron chi connectivity index (χ4n) is 3.20. The van der Waals surface area contributed by atoms with Crippen molar-refractivity contribution in [1.29, 1.82) is 0 Å². The molecule has 5 nitrogen and oxygen atoms in total. The van der Waals surface area contributed by atoms with Gasteiger partial charge in [-0.15, -0.1) is 12.4 Å². The Bertz CT molecular complexity index is 515. The van der Waals surface area contributed by atoms with Gasteiger partial charge in [0.15, 0.2) is 0 Å². The smallest absolute Gasteiger partial charge is 0.224 e. The van der Waals surface area contributed by atoms with Gasteiger partial charge in [-0.2, -0.15) is 0 Å². The van der Waals surface area contributed by atoms with Crippen molar-refractivity contribution in [3.8, 4) is 5.75 Å². The van der Waals surface area contributed by atoms with E-state index >= 15 is 0 Å². The zero-order valence-corrected chi connectivity index (χ0v) is 14.8. The summed E-state index contributed by atoms with van der Waals surface area (Å²) in [4.78, 5) is 12.3. The lowest BCUT2D eigenvalue weighted by Crippen LogP contribution is -2.30. The van der Waals surface area contributed by atoms with Crippen molar-refractivity contribution >= 4 is 24.0 Å². The monoisotopic (exact) mass is 354 g/mol. The zero-order valence-electron chi connectivity index (χ0n) is 14.0. The molecule has 0 bridgehead atoms. The molecule has 2 aliphatic heterocycles. The number of nitrogens with one attached hydrogen (secondary N) is 2. The number of piperidine rings is 1. The van der Waals surface area contributed by atoms with E-state index in [4.69, 9.17) is 9.47 Å². The van der Waals surface area contributed by atoms with Crippen LogP contribution in [0.5, 0.6) is 5.75 Å². The third-order valence-electron chi connectivity index (χ3n) is 4.54. The van der Waals surface area contributed by atoms with Gasteiger partial charge < -0.3 is 20.1 Å². The van der Waals surface area contributed by atoms with E-state index in [1.807, 2.05) is 24.3 Å². The van der Waals surface area contributed by atoms with Gasteiger partial charge in [-0.25, -0.2) is 0 Å². The molecule has 0 saturated carbocycles. The minimum absolute atomic E-state index is 0. The minimum atomic E-state index is 0. The highest BCUT2D eigenvalue weighted by Gasteiger charge is 2.19. The first-order valence-electron chi connectivity index (χ1n) is 8.65. The second-order valence-corrected chi connectivity index (χ2v) is 6.39. The summed E-state index contributed by atoms with van der Waals surface area (Å²) in [5, 5.41) is 6.33. The van der Waals surface area contributed by atoms with Crippen molar-refractivity contribution in [2.24, 2.45) is 5.92 Å². The third kappa shape index (κ3) is 5.65. The van der Waals surface area contributed by atoms with Gasteiger partial charge in [0, 0.05) is 13.0 Å². The van der Waals surface area contributed by atoms with Crippen molar-refractivity contribution in [2.75, 3.05) is 31.6 Å². The molecule has 24 heavy (non-hydrogen) atoms. The van der Waals surface area contributed by atoms with Gasteiger partial charge >= 0.3 is 0 Å². The van der Waals surface area contributed by atoms with Crippen LogP contribution in [0.4, 0.5) is 5.69 Å². The van der Waals surface area contributed by atoms with Crippen molar-refractivity contribution in [1.82, 2.24) is 5.32 Å². The molecule has 1 unspecified atom stereocenters. The maximum atomic E-state index is 12.3. The number of carbonyl (C=O) groups is 1. The van der Waals surface area contributed by atoms with E-state index in [-0.39, 0.29) is 24.4 Å². The molecule has 6 heteroatoms. The van der Waals surface area contributed by atoms with E-state index in [2.05, 4.69) is 10.6 Å². The molecule has 2 saturated heterocycles. The summed E-state index contributed by atoms with van der Waals surface area (Å²) in [6, 6.07) is 7.63. The Kier molecular flexibility index (Phi) is 7.82. The quantitative estimate of drug-likeness (QED) is 0.824. The zero-order chi connectivity index (χ0) is 15.9. The molecule has 1 aromatic carbocycles. The molecule has 1 amide bonds. The first-order chi connectivity index (χ1) is 11.3. The number of carbonyl (C=O) groups excluding carboxylic acids is 1. The van der Waals surface area contributed by atoms with E-state index < -0.39 is 0 Å². The van der Waals surface area contributed by atoms with Crippen LogP contribution >= 0.6 is 12.4 Å². The Hall–Kier alpha value is -1.30. The standard InChI is InChI=1S/C18H26N2O3.ClH/c21-18(12-14-7-9-19-10-8-14)20-16-5-1-2-6-17(16)23-13-15-4-3-11-22-15;/h1-2,5-6,14-15,19H,3-4,7-13H2,(H,20,21);1H. The van der Waals surface area contributed by atoms with Crippen LogP contribution in [0.2, 0.25) is 0 Å². The van der Waals surface area contributed by atoms with Crippen molar-refractivity contribution in [3.05, 3.63) is 24.3 Å². The van der Waals surface area contributed by atoms with Crippen LogP contribution in [0.1, 0.15) is 32.1 Å². The van der Waals surface area contributed by atoms with Crippen LogP contribution in [0.3, 0.4) is 0 Å². The van der Waals surface area contributed by atoms with Crippen LogP contribution < -0.4 is 15.4 Å². The van der Waals surface area contributed by atoms with Crippen LogP contribution in [0, 0.1) is 5.92 Å². The normalized spacial score (nSPS) is 21.1. The molecule has 3 rings (SSSR count). The van der Waals surface area contributed by atoms with E-state index in [0.717, 1.165) is 56.8 Å². The topological polar surface area (TPSA) is 59.6 Å². The second kappa shape index (κ2) is 9.87. The molecule has 2 aliphatic rings. The molecule has 2 heterocycles. The molecule has 2 N–H and O–H groups in total. The largest absolute Gasteiger partial charge is 0.489 e. The van der Waals surface area contributed by atoms with Gasteiger partial charge in [0.25, 0.3) is 0 Å². The maximum absolute atomic E-state index is 12.3. The second-order valence-electron chi connectivity index (χ2n) is 6.39. The average Bonchev–Trinajstić information content (AvgIpc) is 3.08. The van der Waals surface area contributed by atoms with Crippen LogP contribution in [0.15, 0.2) is 24.3 Å². The van der Waals surface area contributed by atoms with Crippen molar-refractivity contribution in [2.45, 2.75) is 38.2 Å². The van der Waals surface area contributed by atoms with E-state index in [0.29, 0.717) is 18.9 Å². The molecule has 134 valence electrons. The number of hydrogen-bond acceptors (Lipinski definition) is 4. The van der Waals surface area contributed by atoms with Gasteiger partial charge in [-0.1, -0.05) is 12.1 Å².